The van der Waals surface area contributed by atoms with Crippen molar-refractivity contribution in [1.29, 1.82) is 0 Å². The van der Waals surface area contributed by atoms with Crippen LogP contribution in [0.25, 0.3) is 0 Å². The summed E-state index contributed by atoms with van der Waals surface area (Å²) in [6.45, 7) is 0.452. The van der Waals surface area contributed by atoms with Crippen LogP contribution in [0.2, 0.25) is 0 Å². The molecular formula is C9H10NO2. The van der Waals surface area contributed by atoms with Crippen LogP contribution in [0.15, 0.2) is 24.3 Å². The maximum absolute atomic E-state index is 9.90. The van der Waals surface area contributed by atoms with Crippen LogP contribution in [0.5, 0.6) is 5.75 Å². The molecule has 1 aromatic rings. The maximum atomic E-state index is 9.90. The number of benzene rings is 1. The molecule has 0 bridgehead atoms. The van der Waals surface area contributed by atoms with Crippen LogP contribution >= 0.6 is 0 Å². The molecule has 0 spiro atoms. The first-order valence-corrected chi connectivity index (χ1v) is 3.60. The number of nitrogens with one attached hydrogen (secondary N) is 1. The second kappa shape index (κ2) is 4.38. The lowest BCUT2D eigenvalue weighted by molar-refractivity contribution is 0.409. The molecule has 1 rings (SSSR count). The van der Waals surface area contributed by atoms with Gasteiger partial charge in [-0.05, 0) is 6.07 Å². The predicted molar refractivity (Wildman–Crippen MR) is 45.5 cm³/mol. The summed E-state index contributed by atoms with van der Waals surface area (Å²) in [7, 11) is 1.60. The van der Waals surface area contributed by atoms with E-state index < -0.39 is 0 Å². The molecule has 1 amide bonds. The van der Waals surface area contributed by atoms with Gasteiger partial charge in [-0.3, -0.25) is 4.79 Å². The smallest absolute Gasteiger partial charge is 0.309 e. The first kappa shape index (κ1) is 8.59. The lowest BCUT2D eigenvalue weighted by Gasteiger charge is -2.05. The van der Waals surface area contributed by atoms with Gasteiger partial charge >= 0.3 is 6.41 Å². The van der Waals surface area contributed by atoms with Crippen molar-refractivity contribution in [3.63, 3.8) is 0 Å². The lowest BCUT2D eigenvalue weighted by atomic mass is 10.2. The Morgan fingerprint density at radius 3 is 2.92 bits per heavy atom. The largest absolute Gasteiger partial charge is 0.496 e. The molecule has 0 aliphatic rings. The van der Waals surface area contributed by atoms with Gasteiger partial charge in [0.1, 0.15) is 5.75 Å². The van der Waals surface area contributed by atoms with E-state index in [0.717, 1.165) is 11.3 Å². The molecule has 1 N–H and O–H groups in total. The highest BCUT2D eigenvalue weighted by molar-refractivity contribution is 5.48. The van der Waals surface area contributed by atoms with E-state index in [-0.39, 0.29) is 0 Å². The zero-order valence-electron chi connectivity index (χ0n) is 6.83. The Morgan fingerprint density at radius 2 is 2.25 bits per heavy atom. The normalized spacial score (nSPS) is 9.08. The van der Waals surface area contributed by atoms with Crippen molar-refractivity contribution >= 4 is 6.41 Å². The van der Waals surface area contributed by atoms with E-state index in [4.69, 9.17) is 4.74 Å². The molecule has 0 unspecified atom stereocenters. The van der Waals surface area contributed by atoms with Crippen LogP contribution < -0.4 is 10.1 Å². The van der Waals surface area contributed by atoms with Crippen LogP contribution in [0.4, 0.5) is 0 Å². The SMILES string of the molecule is COc1ccccc1CN[C]=O. The van der Waals surface area contributed by atoms with Crippen LogP contribution in [-0.2, 0) is 11.3 Å². The van der Waals surface area contributed by atoms with Crippen molar-refractivity contribution < 1.29 is 9.53 Å². The van der Waals surface area contributed by atoms with Gasteiger partial charge in [0.15, 0.2) is 0 Å². The zero-order chi connectivity index (χ0) is 8.81. The molecule has 1 radical (unpaired) electrons. The number of carbonyl (C=O) groups excluding carboxylic acids is 1. The molecule has 3 heteroatoms. The average Bonchev–Trinajstić information content (AvgIpc) is 2.15. The van der Waals surface area contributed by atoms with Gasteiger partial charge in [-0.15, -0.1) is 0 Å². The quantitative estimate of drug-likeness (QED) is 0.670. The van der Waals surface area contributed by atoms with E-state index in [1.165, 1.54) is 0 Å². The number of hydrogen-bond donors (Lipinski definition) is 1. The monoisotopic (exact) mass is 164 g/mol. The Balaban J connectivity index is 2.74. The molecule has 3 nitrogen and oxygen atoms in total. The minimum absolute atomic E-state index is 0.452. The van der Waals surface area contributed by atoms with Crippen LogP contribution in [-0.4, -0.2) is 13.5 Å². The number of amides is 1. The lowest BCUT2D eigenvalue weighted by Crippen LogP contribution is -2.10. The maximum Gasteiger partial charge on any atom is 0.309 e. The number of rotatable bonds is 4. The Morgan fingerprint density at radius 1 is 1.50 bits per heavy atom. The first-order chi connectivity index (χ1) is 5.88. The second-order valence-corrected chi connectivity index (χ2v) is 2.27. The summed E-state index contributed by atoms with van der Waals surface area (Å²) in [5, 5.41) is 2.45. The van der Waals surface area contributed by atoms with Gasteiger partial charge in [-0.25, -0.2) is 0 Å². The zero-order valence-corrected chi connectivity index (χ0v) is 6.83. The fourth-order valence-electron chi connectivity index (χ4n) is 0.980. The minimum Gasteiger partial charge on any atom is -0.496 e. The molecular weight excluding hydrogens is 154 g/mol. The van der Waals surface area contributed by atoms with Crippen molar-refractivity contribution in [2.45, 2.75) is 6.54 Å². The third-order valence-electron chi connectivity index (χ3n) is 1.54. The van der Waals surface area contributed by atoms with E-state index in [9.17, 15) is 4.79 Å². The molecule has 0 saturated heterocycles. The Hall–Kier alpha value is -1.51. The van der Waals surface area contributed by atoms with Crippen LogP contribution in [0.1, 0.15) is 5.56 Å². The van der Waals surface area contributed by atoms with Crippen LogP contribution in [0.3, 0.4) is 0 Å². The fraction of sp³-hybridized carbons (Fsp3) is 0.222. The molecule has 0 saturated carbocycles. The van der Waals surface area contributed by atoms with E-state index >= 15 is 0 Å². The van der Waals surface area contributed by atoms with Gasteiger partial charge < -0.3 is 10.1 Å². The van der Waals surface area contributed by atoms with Crippen LogP contribution in [0, 0.1) is 0 Å². The summed E-state index contributed by atoms with van der Waals surface area (Å²) in [6, 6.07) is 7.52. The standard InChI is InChI=1S/C9H10NO2/c1-12-9-5-3-2-4-8(9)6-10-7-11/h2-5H,6H2,1H3,(H,10,11). The highest BCUT2D eigenvalue weighted by Crippen LogP contribution is 2.16. The van der Waals surface area contributed by atoms with Gasteiger partial charge in [-0.1, -0.05) is 18.2 Å². The van der Waals surface area contributed by atoms with Crippen molar-refractivity contribution in [1.82, 2.24) is 5.32 Å². The average molecular weight is 164 g/mol. The van der Waals surface area contributed by atoms with E-state index in [1.54, 1.807) is 13.5 Å². The van der Waals surface area contributed by atoms with Gasteiger partial charge in [0, 0.05) is 12.1 Å². The summed E-state index contributed by atoms with van der Waals surface area (Å²) < 4.78 is 5.07. The molecule has 0 aliphatic heterocycles. The molecule has 12 heavy (non-hydrogen) atoms. The number of hydrogen-bond acceptors (Lipinski definition) is 2. The van der Waals surface area contributed by atoms with Crippen molar-refractivity contribution in [3.05, 3.63) is 29.8 Å². The number of ether oxygens (including phenoxy) is 1. The summed E-state index contributed by atoms with van der Waals surface area (Å²) in [6.07, 6.45) is 1.61. The van der Waals surface area contributed by atoms with Crippen molar-refractivity contribution in [2.24, 2.45) is 0 Å². The predicted octanol–water partition coefficient (Wildman–Crippen LogP) is 0.852. The second-order valence-electron chi connectivity index (χ2n) is 2.27. The van der Waals surface area contributed by atoms with Gasteiger partial charge in [-0.2, -0.15) is 0 Å². The van der Waals surface area contributed by atoms with E-state index in [0.29, 0.717) is 6.54 Å². The first-order valence-electron chi connectivity index (χ1n) is 3.60. The molecule has 0 heterocycles. The molecule has 1 aromatic carbocycles. The van der Waals surface area contributed by atoms with Gasteiger partial charge in [0.2, 0.25) is 0 Å². The highest BCUT2D eigenvalue weighted by Gasteiger charge is 1.98. The summed E-state index contributed by atoms with van der Waals surface area (Å²) in [5.74, 6) is 0.778. The third kappa shape index (κ3) is 1.99. The van der Waals surface area contributed by atoms with Crippen molar-refractivity contribution in [2.75, 3.05) is 7.11 Å². The number of methoxy groups -OCH3 is 1. The highest BCUT2D eigenvalue weighted by atomic mass is 16.5. The Labute approximate surface area is 71.4 Å². The molecule has 0 fully saturated rings. The minimum atomic E-state index is 0.452. The molecule has 63 valence electrons. The summed E-state index contributed by atoms with van der Waals surface area (Å²) >= 11 is 0. The van der Waals surface area contributed by atoms with Gasteiger partial charge in [0.25, 0.3) is 0 Å². The Bertz CT molecular complexity index is 260. The molecule has 0 aromatic heterocycles. The summed E-state index contributed by atoms with van der Waals surface area (Å²) in [4.78, 5) is 9.90. The molecule has 0 aliphatic carbocycles. The van der Waals surface area contributed by atoms with E-state index in [2.05, 4.69) is 5.32 Å². The summed E-state index contributed by atoms with van der Waals surface area (Å²) in [5.41, 5.74) is 0.948. The van der Waals surface area contributed by atoms with Gasteiger partial charge in [0.05, 0.1) is 7.11 Å². The molecule has 0 atom stereocenters. The van der Waals surface area contributed by atoms with E-state index in [1.807, 2.05) is 24.3 Å². The number of para-hydroxylation sites is 1. The topological polar surface area (TPSA) is 38.3 Å². The fourth-order valence-corrected chi connectivity index (χ4v) is 0.980. The third-order valence-corrected chi connectivity index (χ3v) is 1.54. The van der Waals surface area contributed by atoms with Crippen molar-refractivity contribution in [3.8, 4) is 5.75 Å². The Kier molecular flexibility index (Phi) is 3.14.